The van der Waals surface area contributed by atoms with Gasteiger partial charge < -0.3 is 15.6 Å². The summed E-state index contributed by atoms with van der Waals surface area (Å²) < 4.78 is 5.53. The Morgan fingerprint density at radius 3 is 2.55 bits per heavy atom. The van der Waals surface area contributed by atoms with E-state index in [1.807, 2.05) is 6.92 Å². The number of pyridine rings is 1. The number of nitrogens with two attached hydrogens (primary N) is 1. The van der Waals surface area contributed by atoms with Crippen LogP contribution in [0.2, 0.25) is 0 Å². The molecule has 6 nitrogen and oxygen atoms in total. The quantitative estimate of drug-likeness (QED) is 0.710. The number of ether oxygens (including phenoxy) is 1. The number of aryl methyl sites for hydroxylation is 1. The Kier molecular flexibility index (Phi) is 6.87. The van der Waals surface area contributed by atoms with Crippen molar-refractivity contribution in [2.45, 2.75) is 37.6 Å². The Bertz CT molecular complexity index is 963. The van der Waals surface area contributed by atoms with Crippen LogP contribution in [0.25, 0.3) is 11.1 Å². The molecule has 5 rings (SSSR count). The van der Waals surface area contributed by atoms with E-state index in [9.17, 15) is 9.90 Å². The van der Waals surface area contributed by atoms with Crippen molar-refractivity contribution in [1.29, 1.82) is 0 Å². The Hall–Kier alpha value is -1.86. The summed E-state index contributed by atoms with van der Waals surface area (Å²) in [4.78, 5) is 18.3. The number of carboxylic acids is 1. The molecule has 2 aromatic rings. The molecule has 1 saturated carbocycles. The molecule has 3 aliphatic rings. The van der Waals surface area contributed by atoms with E-state index in [2.05, 4.69) is 34.1 Å². The summed E-state index contributed by atoms with van der Waals surface area (Å²) in [6.07, 6.45) is 3.58. The van der Waals surface area contributed by atoms with E-state index in [1.54, 1.807) is 6.07 Å². The van der Waals surface area contributed by atoms with Crippen LogP contribution in [0.4, 0.5) is 5.82 Å². The second-order valence-electron chi connectivity index (χ2n) is 8.77. The normalized spacial score (nSPS) is 25.3. The molecule has 2 saturated heterocycles. The van der Waals surface area contributed by atoms with Gasteiger partial charge in [0.25, 0.3) is 0 Å². The first-order chi connectivity index (χ1) is 14.0. The van der Waals surface area contributed by atoms with Crippen molar-refractivity contribution in [2.75, 3.05) is 32.0 Å². The summed E-state index contributed by atoms with van der Waals surface area (Å²) in [5.41, 5.74) is 10.1. The van der Waals surface area contributed by atoms with E-state index < -0.39 is 5.97 Å². The number of aromatic carboxylic acids is 1. The molecular formula is C23H29Cl2N3O3. The van der Waals surface area contributed by atoms with E-state index >= 15 is 0 Å². The number of carbonyl (C=O) groups is 1. The molecule has 0 spiro atoms. The number of nitrogens with zero attached hydrogens (tertiary/aromatic N) is 2. The van der Waals surface area contributed by atoms with E-state index in [0.29, 0.717) is 11.5 Å². The monoisotopic (exact) mass is 465 g/mol. The molecule has 3 fully saturated rings. The van der Waals surface area contributed by atoms with Crippen molar-refractivity contribution in [2.24, 2.45) is 5.92 Å². The Labute approximate surface area is 195 Å². The number of carboxylic acid groups (broad SMARTS) is 1. The Balaban J connectivity index is 0.00000136. The van der Waals surface area contributed by atoms with Gasteiger partial charge in [-0.25, -0.2) is 9.78 Å². The smallest absolute Gasteiger partial charge is 0.339 e. The predicted molar refractivity (Wildman–Crippen MR) is 125 cm³/mol. The number of aromatic nitrogens is 1. The summed E-state index contributed by atoms with van der Waals surface area (Å²) >= 11 is 0. The number of hydrogen-bond donors (Lipinski definition) is 2. The van der Waals surface area contributed by atoms with E-state index in [0.717, 1.165) is 55.3 Å². The van der Waals surface area contributed by atoms with Crippen LogP contribution in [0.1, 0.15) is 40.9 Å². The maximum atomic E-state index is 11.4. The minimum absolute atomic E-state index is 0. The largest absolute Gasteiger partial charge is 0.478 e. The van der Waals surface area contributed by atoms with Crippen LogP contribution in [0.5, 0.6) is 0 Å². The molecule has 1 aromatic carbocycles. The molecule has 8 heteroatoms. The van der Waals surface area contributed by atoms with Crippen molar-refractivity contribution in [3.63, 3.8) is 0 Å². The highest BCUT2D eigenvalue weighted by molar-refractivity contribution is 5.94. The molecule has 168 valence electrons. The van der Waals surface area contributed by atoms with Crippen molar-refractivity contribution in [1.82, 2.24) is 9.88 Å². The predicted octanol–water partition coefficient (Wildman–Crippen LogP) is 3.93. The fourth-order valence-electron chi connectivity index (χ4n) is 5.37. The van der Waals surface area contributed by atoms with Crippen LogP contribution in [0.3, 0.4) is 0 Å². The maximum Gasteiger partial charge on any atom is 0.339 e. The number of likely N-dealkylation sites (tertiary alicyclic amines) is 1. The van der Waals surface area contributed by atoms with Crippen LogP contribution in [0, 0.1) is 12.8 Å². The molecule has 3 heterocycles. The summed E-state index contributed by atoms with van der Waals surface area (Å²) in [6.45, 7) is 5.99. The number of rotatable bonds is 4. The van der Waals surface area contributed by atoms with Gasteiger partial charge in [-0.1, -0.05) is 24.3 Å². The van der Waals surface area contributed by atoms with Gasteiger partial charge >= 0.3 is 5.97 Å². The first-order valence-corrected chi connectivity index (χ1v) is 10.4. The van der Waals surface area contributed by atoms with Crippen LogP contribution >= 0.6 is 24.8 Å². The maximum absolute atomic E-state index is 11.4. The lowest BCUT2D eigenvalue weighted by Gasteiger charge is -2.33. The average Bonchev–Trinajstić information content (AvgIpc) is 3.29. The number of hydrogen-bond acceptors (Lipinski definition) is 5. The zero-order valence-corrected chi connectivity index (χ0v) is 19.2. The standard InChI is InChI=1S/C23H27N3O3.2ClH/c1-14-19(10-20(22(27)28)21(24)25-14)15-2-4-16(5-3-15)23-11-17(23)12-26(13-23)18-6-8-29-9-7-18;;/h2-5,10,17-18H,6-9,11-13H2,1H3,(H2,24,25)(H,27,28);2*1H/t17-,23+;;/m1../s1. The SMILES string of the molecule is Cc1nc(N)c(C(=O)O)cc1-c1ccc([C@@]23C[C@@H]2CN(C2CCOCC2)C3)cc1.Cl.Cl. The summed E-state index contributed by atoms with van der Waals surface area (Å²) in [7, 11) is 0. The van der Waals surface area contributed by atoms with Gasteiger partial charge in [-0.2, -0.15) is 0 Å². The van der Waals surface area contributed by atoms with Crippen LogP contribution in [-0.4, -0.2) is 53.3 Å². The molecule has 2 aliphatic heterocycles. The van der Waals surface area contributed by atoms with Crippen LogP contribution < -0.4 is 5.73 Å². The third-order valence-electron chi connectivity index (χ3n) is 7.12. The molecule has 1 aromatic heterocycles. The number of benzene rings is 1. The van der Waals surface area contributed by atoms with Gasteiger partial charge in [-0.15, -0.1) is 24.8 Å². The minimum Gasteiger partial charge on any atom is -0.478 e. The zero-order valence-electron chi connectivity index (χ0n) is 17.5. The first-order valence-electron chi connectivity index (χ1n) is 10.4. The Morgan fingerprint density at radius 2 is 1.90 bits per heavy atom. The fraction of sp³-hybridized carbons (Fsp3) is 0.478. The third kappa shape index (κ3) is 4.14. The molecule has 0 unspecified atom stereocenters. The lowest BCUT2D eigenvalue weighted by molar-refractivity contribution is 0.0378. The molecule has 0 amide bonds. The van der Waals surface area contributed by atoms with Crippen LogP contribution in [0.15, 0.2) is 30.3 Å². The number of anilines is 1. The third-order valence-corrected chi connectivity index (χ3v) is 7.12. The highest BCUT2D eigenvalue weighted by Crippen LogP contribution is 2.59. The molecular weight excluding hydrogens is 437 g/mol. The summed E-state index contributed by atoms with van der Waals surface area (Å²) in [5.74, 6) is -0.226. The fourth-order valence-corrected chi connectivity index (χ4v) is 5.37. The lowest BCUT2D eigenvalue weighted by atomic mass is 9.92. The van der Waals surface area contributed by atoms with E-state index in [1.165, 1.54) is 18.5 Å². The van der Waals surface area contributed by atoms with E-state index in [4.69, 9.17) is 10.5 Å². The second kappa shape index (κ2) is 8.94. The van der Waals surface area contributed by atoms with Gasteiger partial charge in [0.2, 0.25) is 0 Å². The lowest BCUT2D eigenvalue weighted by Crippen LogP contribution is -2.40. The highest BCUT2D eigenvalue weighted by atomic mass is 35.5. The van der Waals surface area contributed by atoms with Crippen molar-refractivity contribution in [3.8, 4) is 11.1 Å². The zero-order chi connectivity index (χ0) is 20.2. The number of fused-ring (bicyclic) bond motifs is 1. The van der Waals surface area contributed by atoms with Gasteiger partial charge in [0.05, 0.1) is 0 Å². The van der Waals surface area contributed by atoms with Crippen LogP contribution in [-0.2, 0) is 10.2 Å². The van der Waals surface area contributed by atoms with Gasteiger partial charge in [0, 0.05) is 49.0 Å². The molecule has 2 atom stereocenters. The first kappa shape index (κ1) is 23.8. The van der Waals surface area contributed by atoms with Crippen molar-refractivity contribution >= 4 is 36.6 Å². The van der Waals surface area contributed by atoms with Gasteiger partial charge in [0.1, 0.15) is 11.4 Å². The number of piperidine rings is 1. The van der Waals surface area contributed by atoms with Crippen molar-refractivity contribution in [3.05, 3.63) is 47.2 Å². The molecule has 3 N–H and O–H groups in total. The van der Waals surface area contributed by atoms with Gasteiger partial charge in [0.15, 0.2) is 0 Å². The summed E-state index contributed by atoms with van der Waals surface area (Å²) in [6, 6.07) is 10.9. The average molecular weight is 466 g/mol. The minimum atomic E-state index is -1.05. The number of nitrogen functional groups attached to an aromatic ring is 1. The second-order valence-corrected chi connectivity index (χ2v) is 8.77. The highest BCUT2D eigenvalue weighted by Gasteiger charge is 2.61. The molecule has 31 heavy (non-hydrogen) atoms. The number of halogens is 2. The molecule has 0 radical (unpaired) electrons. The van der Waals surface area contributed by atoms with E-state index in [-0.39, 0.29) is 36.2 Å². The van der Waals surface area contributed by atoms with Gasteiger partial charge in [-0.3, -0.25) is 4.90 Å². The van der Waals surface area contributed by atoms with Crippen molar-refractivity contribution < 1.29 is 14.6 Å². The summed E-state index contributed by atoms with van der Waals surface area (Å²) in [5, 5.41) is 9.35. The topological polar surface area (TPSA) is 88.7 Å². The van der Waals surface area contributed by atoms with Gasteiger partial charge in [-0.05, 0) is 49.3 Å². The molecule has 1 aliphatic carbocycles. The molecule has 0 bridgehead atoms. The Morgan fingerprint density at radius 1 is 1.23 bits per heavy atom.